The first-order valence-corrected chi connectivity index (χ1v) is 5.92. The number of thiophene rings is 1. The Hall–Kier alpha value is -1.62. The van der Waals surface area contributed by atoms with E-state index in [1.807, 2.05) is 13.1 Å². The second-order valence-electron chi connectivity index (χ2n) is 3.62. The summed E-state index contributed by atoms with van der Waals surface area (Å²) in [4.78, 5) is 3.39. The summed E-state index contributed by atoms with van der Waals surface area (Å²) >= 11 is 1.74. The Bertz CT molecular complexity index is 438. The number of hydrogen-bond donors (Lipinski definition) is 1. The van der Waals surface area contributed by atoms with Gasteiger partial charge in [0, 0.05) is 11.9 Å². The van der Waals surface area contributed by atoms with Crippen molar-refractivity contribution in [3.05, 3.63) is 34.5 Å². The highest BCUT2D eigenvalue weighted by Gasteiger charge is 2.14. The number of hydrogen-bond acceptors (Lipinski definition) is 5. The van der Waals surface area contributed by atoms with Gasteiger partial charge in [0.05, 0.1) is 6.04 Å². The maximum atomic E-state index is 5.51. The summed E-state index contributed by atoms with van der Waals surface area (Å²) in [7, 11) is 2.00. The second-order valence-corrected chi connectivity index (χ2v) is 4.60. The molecule has 0 amide bonds. The van der Waals surface area contributed by atoms with Crippen molar-refractivity contribution in [2.45, 2.75) is 13.0 Å². The third-order valence-corrected chi connectivity index (χ3v) is 3.61. The van der Waals surface area contributed by atoms with Gasteiger partial charge >= 0.3 is 0 Å². The zero-order valence-electron chi connectivity index (χ0n) is 9.29. The van der Waals surface area contributed by atoms with Crippen LogP contribution in [-0.2, 0) is 0 Å². The maximum absolute atomic E-state index is 5.51. The predicted molar refractivity (Wildman–Crippen MR) is 67.6 cm³/mol. The summed E-state index contributed by atoms with van der Waals surface area (Å²) in [6, 6.07) is 8.11. The molecule has 84 valence electrons. The van der Waals surface area contributed by atoms with Crippen LogP contribution in [0.3, 0.4) is 0 Å². The third kappa shape index (κ3) is 2.14. The molecule has 2 rings (SSSR count). The Morgan fingerprint density at radius 2 is 2.12 bits per heavy atom. The predicted octanol–water partition coefficient (Wildman–Crippen LogP) is 2.32. The molecule has 0 aliphatic carbocycles. The quantitative estimate of drug-likeness (QED) is 0.885. The average Bonchev–Trinajstić information content (AvgIpc) is 2.81. The van der Waals surface area contributed by atoms with Gasteiger partial charge in [-0.15, -0.1) is 21.5 Å². The van der Waals surface area contributed by atoms with E-state index in [9.17, 15) is 0 Å². The van der Waals surface area contributed by atoms with E-state index in [0.29, 0.717) is 5.82 Å². The molecule has 0 radical (unpaired) electrons. The normalized spacial score (nSPS) is 12.4. The molecule has 0 saturated heterocycles. The molecule has 2 aromatic heterocycles. The molecule has 0 aromatic carbocycles. The number of nitrogens with zero attached hydrogens (tertiary/aromatic N) is 3. The first-order valence-electron chi connectivity index (χ1n) is 5.04. The molecule has 0 fully saturated rings. The lowest BCUT2D eigenvalue weighted by Gasteiger charge is -2.24. The summed E-state index contributed by atoms with van der Waals surface area (Å²) in [5.41, 5.74) is 5.51. The van der Waals surface area contributed by atoms with Crippen molar-refractivity contribution in [2.75, 3.05) is 17.7 Å². The van der Waals surface area contributed by atoms with Gasteiger partial charge in [0.15, 0.2) is 5.82 Å². The zero-order valence-corrected chi connectivity index (χ0v) is 10.1. The van der Waals surface area contributed by atoms with Crippen molar-refractivity contribution >= 4 is 23.0 Å². The second kappa shape index (κ2) is 4.49. The summed E-state index contributed by atoms with van der Waals surface area (Å²) in [6.45, 7) is 2.14. The lowest BCUT2D eigenvalue weighted by atomic mass is 10.2. The van der Waals surface area contributed by atoms with Crippen LogP contribution in [0, 0.1) is 0 Å². The van der Waals surface area contributed by atoms with Crippen LogP contribution in [0.2, 0.25) is 0 Å². The molecule has 0 aliphatic rings. The van der Waals surface area contributed by atoms with Gasteiger partial charge in [-0.1, -0.05) is 6.07 Å². The van der Waals surface area contributed by atoms with E-state index < -0.39 is 0 Å². The Morgan fingerprint density at radius 3 is 2.69 bits per heavy atom. The minimum atomic E-state index is 0.290. The van der Waals surface area contributed by atoms with Crippen molar-refractivity contribution in [2.24, 2.45) is 0 Å². The summed E-state index contributed by atoms with van der Waals surface area (Å²) in [5.74, 6) is 1.27. The summed E-state index contributed by atoms with van der Waals surface area (Å²) < 4.78 is 0. The van der Waals surface area contributed by atoms with E-state index in [2.05, 4.69) is 39.5 Å². The number of rotatable bonds is 3. The average molecular weight is 234 g/mol. The first kappa shape index (κ1) is 10.9. The van der Waals surface area contributed by atoms with Crippen LogP contribution in [0.4, 0.5) is 11.6 Å². The fourth-order valence-corrected chi connectivity index (χ4v) is 2.27. The summed E-state index contributed by atoms with van der Waals surface area (Å²) in [6.07, 6.45) is 0. The minimum Gasteiger partial charge on any atom is -0.382 e. The van der Waals surface area contributed by atoms with E-state index >= 15 is 0 Å². The van der Waals surface area contributed by atoms with Gasteiger partial charge in [-0.3, -0.25) is 0 Å². The largest absolute Gasteiger partial charge is 0.382 e. The van der Waals surface area contributed by atoms with E-state index in [-0.39, 0.29) is 6.04 Å². The van der Waals surface area contributed by atoms with E-state index in [4.69, 9.17) is 5.73 Å². The van der Waals surface area contributed by atoms with Gasteiger partial charge in [-0.2, -0.15) is 0 Å². The number of nitrogens with two attached hydrogens (primary N) is 1. The smallest absolute Gasteiger partial charge is 0.151 e. The standard InChI is InChI=1S/C11H14N4S/c1-8(9-4-3-7-16-9)15(2)11-6-5-10(12)13-14-11/h3-8H,1-2H3,(H2,12,13). The zero-order chi connectivity index (χ0) is 11.5. The van der Waals surface area contributed by atoms with Gasteiger partial charge in [0.25, 0.3) is 0 Å². The lowest BCUT2D eigenvalue weighted by Crippen LogP contribution is -2.22. The molecule has 16 heavy (non-hydrogen) atoms. The monoisotopic (exact) mass is 234 g/mol. The Balaban J connectivity index is 2.19. The Kier molecular flexibility index (Phi) is 3.05. The van der Waals surface area contributed by atoms with Crippen molar-refractivity contribution in [3.63, 3.8) is 0 Å². The van der Waals surface area contributed by atoms with Gasteiger partial charge in [-0.05, 0) is 30.5 Å². The van der Waals surface area contributed by atoms with Crippen LogP contribution in [0.15, 0.2) is 29.6 Å². The van der Waals surface area contributed by atoms with Gasteiger partial charge in [0.1, 0.15) is 5.82 Å². The van der Waals surface area contributed by atoms with Crippen molar-refractivity contribution in [3.8, 4) is 0 Å². The lowest BCUT2D eigenvalue weighted by molar-refractivity contribution is 0.733. The molecular weight excluding hydrogens is 220 g/mol. The van der Waals surface area contributed by atoms with Crippen molar-refractivity contribution in [1.82, 2.24) is 10.2 Å². The van der Waals surface area contributed by atoms with Gasteiger partial charge in [0.2, 0.25) is 0 Å². The highest BCUT2D eigenvalue weighted by Crippen LogP contribution is 2.26. The first-order chi connectivity index (χ1) is 7.68. The van der Waals surface area contributed by atoms with Crippen molar-refractivity contribution < 1.29 is 0 Å². The molecule has 2 aromatic rings. The van der Waals surface area contributed by atoms with Gasteiger partial charge < -0.3 is 10.6 Å². The van der Waals surface area contributed by atoms with Crippen LogP contribution >= 0.6 is 11.3 Å². The molecule has 2 heterocycles. The molecule has 4 nitrogen and oxygen atoms in total. The molecular formula is C11H14N4S. The fourth-order valence-electron chi connectivity index (χ4n) is 1.44. The van der Waals surface area contributed by atoms with Crippen LogP contribution in [0.25, 0.3) is 0 Å². The molecule has 5 heteroatoms. The maximum Gasteiger partial charge on any atom is 0.151 e. The molecule has 0 aliphatic heterocycles. The third-order valence-electron chi connectivity index (χ3n) is 2.57. The number of anilines is 2. The van der Waals surface area contributed by atoms with Gasteiger partial charge in [-0.25, -0.2) is 0 Å². The Morgan fingerprint density at radius 1 is 1.31 bits per heavy atom. The van der Waals surface area contributed by atoms with Crippen molar-refractivity contribution in [1.29, 1.82) is 0 Å². The van der Waals surface area contributed by atoms with E-state index in [1.165, 1.54) is 4.88 Å². The van der Waals surface area contributed by atoms with E-state index in [0.717, 1.165) is 5.82 Å². The van der Waals surface area contributed by atoms with Crippen LogP contribution < -0.4 is 10.6 Å². The highest BCUT2D eigenvalue weighted by molar-refractivity contribution is 7.10. The molecule has 0 spiro atoms. The molecule has 0 bridgehead atoms. The molecule has 2 N–H and O–H groups in total. The SMILES string of the molecule is CC(c1cccs1)N(C)c1ccc(N)nn1. The van der Waals surface area contributed by atoms with Crippen LogP contribution in [0.1, 0.15) is 17.8 Å². The molecule has 1 unspecified atom stereocenters. The topological polar surface area (TPSA) is 55.0 Å². The Labute approximate surface area is 98.7 Å². The molecule has 0 saturated carbocycles. The number of nitrogen functional groups attached to an aromatic ring is 1. The fraction of sp³-hybridized carbons (Fsp3) is 0.273. The van der Waals surface area contributed by atoms with Crippen LogP contribution in [-0.4, -0.2) is 17.2 Å². The van der Waals surface area contributed by atoms with Crippen LogP contribution in [0.5, 0.6) is 0 Å². The highest BCUT2D eigenvalue weighted by atomic mass is 32.1. The minimum absolute atomic E-state index is 0.290. The van der Waals surface area contributed by atoms with E-state index in [1.54, 1.807) is 17.4 Å². The number of aromatic nitrogens is 2. The molecule has 1 atom stereocenters. The summed E-state index contributed by atoms with van der Waals surface area (Å²) in [5, 5.41) is 10.00.